The van der Waals surface area contributed by atoms with Gasteiger partial charge < -0.3 is 4.74 Å². The van der Waals surface area contributed by atoms with Gasteiger partial charge in [-0.15, -0.1) is 0 Å². The Labute approximate surface area is 93.1 Å². The summed E-state index contributed by atoms with van der Waals surface area (Å²) >= 11 is 1.77. The van der Waals surface area contributed by atoms with Crippen molar-refractivity contribution in [3.05, 3.63) is 48.0 Å². The van der Waals surface area contributed by atoms with Gasteiger partial charge in [-0.2, -0.15) is 0 Å². The highest BCUT2D eigenvalue weighted by atomic mass is 32.2. The molecule has 0 N–H and O–H groups in total. The fraction of sp³-hybridized carbons (Fsp3) is 0.0769. The molecule has 3 rings (SSSR count). The highest BCUT2D eigenvalue weighted by Crippen LogP contribution is 2.47. The first-order valence-corrected chi connectivity index (χ1v) is 5.70. The van der Waals surface area contributed by atoms with Gasteiger partial charge in [0.2, 0.25) is 0 Å². The lowest BCUT2D eigenvalue weighted by atomic mass is 10.2. The quantitative estimate of drug-likeness (QED) is 0.553. The van der Waals surface area contributed by atoms with Gasteiger partial charge in [0.1, 0.15) is 11.5 Å². The molecule has 0 amide bonds. The molecule has 0 radical (unpaired) electrons. The van der Waals surface area contributed by atoms with Gasteiger partial charge in [0, 0.05) is 0 Å². The number of rotatable bonds is 0. The molecule has 1 aliphatic heterocycles. The molecule has 0 atom stereocenters. The Morgan fingerprint density at radius 1 is 0.933 bits per heavy atom. The zero-order chi connectivity index (χ0) is 10.3. The van der Waals surface area contributed by atoms with Crippen LogP contribution < -0.4 is 4.74 Å². The van der Waals surface area contributed by atoms with Gasteiger partial charge in [0.05, 0.1) is 9.79 Å². The van der Waals surface area contributed by atoms with Crippen LogP contribution in [0, 0.1) is 6.92 Å². The lowest BCUT2D eigenvalue weighted by Crippen LogP contribution is -1.96. The van der Waals surface area contributed by atoms with Crippen LogP contribution in [-0.2, 0) is 0 Å². The summed E-state index contributed by atoms with van der Waals surface area (Å²) in [6.07, 6.45) is 0. The van der Waals surface area contributed by atoms with Gasteiger partial charge >= 0.3 is 0 Å². The average molecular weight is 214 g/mol. The Morgan fingerprint density at radius 3 is 2.67 bits per heavy atom. The standard InChI is InChI=1S/C13H10OS/c1-9-5-4-8-12-13(9)14-10-6-2-3-7-11(10)15-12/h2-8H,1H3. The molecule has 2 aromatic rings. The first-order valence-electron chi connectivity index (χ1n) is 4.89. The van der Waals surface area contributed by atoms with E-state index in [1.807, 2.05) is 18.2 Å². The summed E-state index contributed by atoms with van der Waals surface area (Å²) < 4.78 is 5.89. The van der Waals surface area contributed by atoms with Crippen molar-refractivity contribution in [2.45, 2.75) is 16.7 Å². The topological polar surface area (TPSA) is 9.23 Å². The third-order valence-electron chi connectivity index (χ3n) is 2.46. The Hall–Kier alpha value is -1.41. The third kappa shape index (κ3) is 1.41. The fourth-order valence-electron chi connectivity index (χ4n) is 1.68. The van der Waals surface area contributed by atoms with Crippen molar-refractivity contribution in [2.75, 3.05) is 0 Å². The van der Waals surface area contributed by atoms with E-state index in [9.17, 15) is 0 Å². The number of para-hydroxylation sites is 2. The van der Waals surface area contributed by atoms with Crippen LogP contribution >= 0.6 is 11.8 Å². The second kappa shape index (κ2) is 3.31. The van der Waals surface area contributed by atoms with Crippen LogP contribution in [0.15, 0.2) is 52.3 Å². The van der Waals surface area contributed by atoms with Crippen LogP contribution in [0.2, 0.25) is 0 Å². The number of ether oxygens (including phenoxy) is 1. The van der Waals surface area contributed by atoms with E-state index in [1.54, 1.807) is 11.8 Å². The minimum Gasteiger partial charge on any atom is -0.455 e. The molecular weight excluding hydrogens is 204 g/mol. The van der Waals surface area contributed by atoms with E-state index in [2.05, 4.69) is 31.2 Å². The summed E-state index contributed by atoms with van der Waals surface area (Å²) in [5.41, 5.74) is 1.19. The Bertz CT molecular complexity index is 520. The van der Waals surface area contributed by atoms with Gasteiger partial charge in [-0.1, -0.05) is 36.0 Å². The van der Waals surface area contributed by atoms with Crippen molar-refractivity contribution in [3.8, 4) is 11.5 Å². The maximum absolute atomic E-state index is 5.89. The number of fused-ring (bicyclic) bond motifs is 2. The van der Waals surface area contributed by atoms with E-state index >= 15 is 0 Å². The first kappa shape index (κ1) is 8.86. The van der Waals surface area contributed by atoms with Crippen LogP contribution in [0.3, 0.4) is 0 Å². The lowest BCUT2D eigenvalue weighted by molar-refractivity contribution is 0.451. The molecule has 1 heterocycles. The summed E-state index contributed by atoms with van der Waals surface area (Å²) in [6.45, 7) is 2.08. The molecule has 0 bridgehead atoms. The van der Waals surface area contributed by atoms with E-state index in [0.717, 1.165) is 11.5 Å². The van der Waals surface area contributed by atoms with E-state index in [1.165, 1.54) is 15.4 Å². The van der Waals surface area contributed by atoms with Crippen LogP contribution in [-0.4, -0.2) is 0 Å². The van der Waals surface area contributed by atoms with Gasteiger partial charge in [-0.3, -0.25) is 0 Å². The van der Waals surface area contributed by atoms with Crippen LogP contribution in [0.4, 0.5) is 0 Å². The van der Waals surface area contributed by atoms with Gasteiger partial charge in [-0.05, 0) is 30.7 Å². The summed E-state index contributed by atoms with van der Waals surface area (Å²) in [6, 6.07) is 14.4. The minimum atomic E-state index is 0.962. The maximum atomic E-state index is 5.89. The summed E-state index contributed by atoms with van der Waals surface area (Å²) in [5.74, 6) is 1.96. The van der Waals surface area contributed by atoms with Gasteiger partial charge in [0.25, 0.3) is 0 Å². The van der Waals surface area contributed by atoms with E-state index in [0.29, 0.717) is 0 Å². The van der Waals surface area contributed by atoms with Crippen molar-refractivity contribution >= 4 is 11.8 Å². The summed E-state index contributed by atoms with van der Waals surface area (Å²) in [5, 5.41) is 0. The van der Waals surface area contributed by atoms with Crippen LogP contribution in [0.25, 0.3) is 0 Å². The van der Waals surface area contributed by atoms with Gasteiger partial charge in [0.15, 0.2) is 0 Å². The molecule has 0 saturated carbocycles. The molecule has 0 saturated heterocycles. The van der Waals surface area contributed by atoms with Crippen LogP contribution in [0.1, 0.15) is 5.56 Å². The molecule has 0 spiro atoms. The van der Waals surface area contributed by atoms with Crippen molar-refractivity contribution in [1.82, 2.24) is 0 Å². The molecule has 74 valence electrons. The number of aryl methyl sites for hydroxylation is 1. The van der Waals surface area contributed by atoms with Gasteiger partial charge in [-0.25, -0.2) is 0 Å². The zero-order valence-corrected chi connectivity index (χ0v) is 9.17. The van der Waals surface area contributed by atoms with Crippen molar-refractivity contribution in [1.29, 1.82) is 0 Å². The SMILES string of the molecule is Cc1cccc2c1Oc1ccccc1S2. The number of benzene rings is 2. The Balaban J connectivity index is 2.15. The Kier molecular flexibility index (Phi) is 1.96. The van der Waals surface area contributed by atoms with E-state index in [-0.39, 0.29) is 0 Å². The third-order valence-corrected chi connectivity index (χ3v) is 3.56. The first-order chi connectivity index (χ1) is 7.34. The normalized spacial score (nSPS) is 12.6. The Morgan fingerprint density at radius 2 is 1.73 bits per heavy atom. The average Bonchev–Trinajstić information content (AvgIpc) is 2.27. The molecular formula is C13H10OS. The van der Waals surface area contributed by atoms with E-state index in [4.69, 9.17) is 4.74 Å². The molecule has 0 aliphatic carbocycles. The van der Waals surface area contributed by atoms with Crippen LogP contribution in [0.5, 0.6) is 11.5 Å². The van der Waals surface area contributed by atoms with E-state index < -0.39 is 0 Å². The predicted molar refractivity (Wildman–Crippen MR) is 61.8 cm³/mol. The molecule has 0 unspecified atom stereocenters. The highest BCUT2D eigenvalue weighted by Gasteiger charge is 2.17. The molecule has 2 heteroatoms. The largest absolute Gasteiger partial charge is 0.455 e. The molecule has 2 aromatic carbocycles. The van der Waals surface area contributed by atoms with Crippen molar-refractivity contribution in [3.63, 3.8) is 0 Å². The zero-order valence-electron chi connectivity index (χ0n) is 8.36. The highest BCUT2D eigenvalue weighted by molar-refractivity contribution is 7.99. The smallest absolute Gasteiger partial charge is 0.144 e. The minimum absolute atomic E-state index is 0.962. The monoisotopic (exact) mass is 214 g/mol. The summed E-state index contributed by atoms with van der Waals surface area (Å²) in [4.78, 5) is 2.39. The second-order valence-electron chi connectivity index (χ2n) is 3.55. The van der Waals surface area contributed by atoms with Crippen molar-refractivity contribution < 1.29 is 4.74 Å². The fourth-order valence-corrected chi connectivity index (χ4v) is 2.72. The number of hydrogen-bond donors (Lipinski definition) is 0. The molecule has 0 fully saturated rings. The molecule has 0 aromatic heterocycles. The molecule has 15 heavy (non-hydrogen) atoms. The molecule has 1 nitrogen and oxygen atoms in total. The second-order valence-corrected chi connectivity index (χ2v) is 4.64. The lowest BCUT2D eigenvalue weighted by Gasteiger charge is -2.20. The van der Waals surface area contributed by atoms with Crippen molar-refractivity contribution in [2.24, 2.45) is 0 Å². The maximum Gasteiger partial charge on any atom is 0.144 e. The number of hydrogen-bond acceptors (Lipinski definition) is 2. The molecule has 1 aliphatic rings. The summed E-state index contributed by atoms with van der Waals surface area (Å²) in [7, 11) is 0. The predicted octanol–water partition coefficient (Wildman–Crippen LogP) is 4.25.